The molecule has 130 valence electrons. The van der Waals surface area contributed by atoms with E-state index in [1.165, 1.54) is 0 Å². The van der Waals surface area contributed by atoms with Crippen molar-refractivity contribution in [2.45, 2.75) is 39.8 Å². The number of hydrogen-bond donors (Lipinski definition) is 1. The Balaban J connectivity index is 1.92. The van der Waals surface area contributed by atoms with E-state index in [1.54, 1.807) is 7.11 Å². The van der Waals surface area contributed by atoms with Crippen molar-refractivity contribution in [1.82, 2.24) is 10.2 Å². The van der Waals surface area contributed by atoms with Crippen molar-refractivity contribution in [3.8, 4) is 11.8 Å². The number of carbonyl (C=O) groups is 1. The van der Waals surface area contributed by atoms with Crippen LogP contribution in [0.3, 0.4) is 0 Å². The fraction of sp³-hybridized carbons (Fsp3) is 0.579. The number of carbonyl (C=O) groups excluding carboxylic acids is 1. The van der Waals surface area contributed by atoms with Crippen LogP contribution in [0.4, 0.5) is 0 Å². The molecule has 1 saturated heterocycles. The molecule has 0 spiro atoms. The second kappa shape index (κ2) is 8.16. The van der Waals surface area contributed by atoms with Crippen molar-refractivity contribution in [1.29, 1.82) is 5.26 Å². The number of methoxy groups -OCH3 is 1. The summed E-state index contributed by atoms with van der Waals surface area (Å²) >= 11 is 0. The Morgan fingerprint density at radius 2 is 2.25 bits per heavy atom. The van der Waals surface area contributed by atoms with Crippen molar-refractivity contribution in [3.63, 3.8) is 0 Å². The molecule has 0 aromatic heterocycles. The molecule has 0 saturated carbocycles. The monoisotopic (exact) mass is 329 g/mol. The molecule has 0 bridgehead atoms. The maximum Gasteiger partial charge on any atom is 0.225 e. The molecule has 1 fully saturated rings. The Bertz CT molecular complexity index is 622. The van der Waals surface area contributed by atoms with Crippen molar-refractivity contribution in [3.05, 3.63) is 29.3 Å². The van der Waals surface area contributed by atoms with E-state index >= 15 is 0 Å². The van der Waals surface area contributed by atoms with Gasteiger partial charge in [-0.2, -0.15) is 5.26 Å². The topological polar surface area (TPSA) is 65.4 Å². The number of likely N-dealkylation sites (tertiary alicyclic amines) is 1. The van der Waals surface area contributed by atoms with Crippen LogP contribution in [-0.4, -0.2) is 37.0 Å². The molecule has 2 rings (SSSR count). The first-order valence-electron chi connectivity index (χ1n) is 8.55. The Morgan fingerprint density at radius 1 is 1.50 bits per heavy atom. The average Bonchev–Trinajstić information content (AvgIpc) is 2.59. The lowest BCUT2D eigenvalue weighted by Gasteiger charge is -2.38. The van der Waals surface area contributed by atoms with Gasteiger partial charge in [-0.05, 0) is 30.0 Å². The number of ether oxygens (including phenoxy) is 1. The fourth-order valence-electron chi connectivity index (χ4n) is 3.22. The van der Waals surface area contributed by atoms with E-state index in [9.17, 15) is 10.1 Å². The van der Waals surface area contributed by atoms with Gasteiger partial charge in [0.05, 0.1) is 12.7 Å². The zero-order chi connectivity index (χ0) is 17.7. The van der Waals surface area contributed by atoms with Gasteiger partial charge in [0.1, 0.15) is 11.8 Å². The smallest absolute Gasteiger partial charge is 0.225 e. The molecule has 2 atom stereocenters. The first kappa shape index (κ1) is 18.3. The molecule has 5 nitrogen and oxygen atoms in total. The van der Waals surface area contributed by atoms with Crippen LogP contribution in [0.25, 0.3) is 0 Å². The highest BCUT2D eigenvalue weighted by molar-refractivity contribution is 5.78. The van der Waals surface area contributed by atoms with Crippen molar-refractivity contribution in [2.75, 3.05) is 20.2 Å². The summed E-state index contributed by atoms with van der Waals surface area (Å²) in [5.74, 6) is 1.32. The van der Waals surface area contributed by atoms with Crippen LogP contribution >= 0.6 is 0 Å². The summed E-state index contributed by atoms with van der Waals surface area (Å²) in [5, 5.41) is 12.7. The highest BCUT2D eigenvalue weighted by Crippen LogP contribution is 2.21. The van der Waals surface area contributed by atoms with Crippen molar-refractivity contribution < 1.29 is 9.53 Å². The lowest BCUT2D eigenvalue weighted by molar-refractivity contribution is -0.136. The van der Waals surface area contributed by atoms with Gasteiger partial charge in [0.2, 0.25) is 5.91 Å². The highest BCUT2D eigenvalue weighted by atomic mass is 16.5. The minimum absolute atomic E-state index is 0.0606. The summed E-state index contributed by atoms with van der Waals surface area (Å²) in [7, 11) is 1.57. The number of nitriles is 1. The highest BCUT2D eigenvalue weighted by Gasteiger charge is 2.29. The SMILES string of the molecule is COc1ccc(CNC2CCN(C(=O)C(C)C)CC2C)cc1C#N. The largest absolute Gasteiger partial charge is 0.495 e. The Kier molecular flexibility index (Phi) is 6.22. The number of nitrogens with zero attached hydrogens (tertiary/aromatic N) is 2. The first-order chi connectivity index (χ1) is 11.5. The van der Waals surface area contributed by atoms with E-state index in [0.29, 0.717) is 29.8 Å². The minimum atomic E-state index is 0.0606. The van der Waals surface area contributed by atoms with E-state index in [-0.39, 0.29) is 11.8 Å². The number of rotatable bonds is 5. The summed E-state index contributed by atoms with van der Waals surface area (Å²) in [4.78, 5) is 14.1. The zero-order valence-electron chi connectivity index (χ0n) is 15.0. The predicted octanol–water partition coefficient (Wildman–Crippen LogP) is 2.55. The van der Waals surface area contributed by atoms with Crippen molar-refractivity contribution in [2.24, 2.45) is 11.8 Å². The molecule has 24 heavy (non-hydrogen) atoms. The third-order valence-corrected chi connectivity index (χ3v) is 4.66. The molecular formula is C19H27N3O2. The van der Waals surface area contributed by atoms with E-state index in [1.807, 2.05) is 36.9 Å². The summed E-state index contributed by atoms with van der Waals surface area (Å²) in [6.07, 6.45) is 0.959. The molecule has 1 N–H and O–H groups in total. The molecule has 5 heteroatoms. The van der Waals surface area contributed by atoms with Gasteiger partial charge in [0, 0.05) is 31.6 Å². The van der Waals surface area contributed by atoms with Gasteiger partial charge in [0.25, 0.3) is 0 Å². The van der Waals surface area contributed by atoms with Crippen LogP contribution in [0.2, 0.25) is 0 Å². The molecule has 1 aliphatic rings. The van der Waals surface area contributed by atoms with Crippen LogP contribution in [-0.2, 0) is 11.3 Å². The molecule has 1 aromatic carbocycles. The van der Waals surface area contributed by atoms with Crippen LogP contribution in [0.5, 0.6) is 5.75 Å². The third kappa shape index (κ3) is 4.27. The minimum Gasteiger partial charge on any atom is -0.495 e. The van der Waals surface area contributed by atoms with E-state index in [0.717, 1.165) is 25.1 Å². The van der Waals surface area contributed by atoms with Gasteiger partial charge in [-0.15, -0.1) is 0 Å². The fourth-order valence-corrected chi connectivity index (χ4v) is 3.22. The number of amides is 1. The van der Waals surface area contributed by atoms with Gasteiger partial charge in [-0.25, -0.2) is 0 Å². The molecule has 1 aromatic rings. The molecule has 2 unspecified atom stereocenters. The first-order valence-corrected chi connectivity index (χ1v) is 8.55. The van der Waals surface area contributed by atoms with Crippen LogP contribution in [0, 0.1) is 23.2 Å². The van der Waals surface area contributed by atoms with Gasteiger partial charge >= 0.3 is 0 Å². The molecule has 0 radical (unpaired) electrons. The van der Waals surface area contributed by atoms with Gasteiger partial charge in [-0.1, -0.05) is 26.8 Å². The van der Waals surface area contributed by atoms with Crippen LogP contribution < -0.4 is 10.1 Å². The average molecular weight is 329 g/mol. The lowest BCUT2D eigenvalue weighted by atomic mass is 9.92. The van der Waals surface area contributed by atoms with Crippen molar-refractivity contribution >= 4 is 5.91 Å². The second-order valence-electron chi connectivity index (χ2n) is 6.84. The van der Waals surface area contributed by atoms with Gasteiger partial charge in [-0.3, -0.25) is 4.79 Å². The molecule has 1 heterocycles. The van der Waals surface area contributed by atoms with E-state index < -0.39 is 0 Å². The van der Waals surface area contributed by atoms with Crippen LogP contribution in [0.1, 0.15) is 38.3 Å². The number of benzene rings is 1. The van der Waals surface area contributed by atoms with Crippen LogP contribution in [0.15, 0.2) is 18.2 Å². The molecule has 0 aliphatic carbocycles. The lowest BCUT2D eigenvalue weighted by Crippen LogP contribution is -2.50. The summed E-state index contributed by atoms with van der Waals surface area (Å²) in [6.45, 7) is 8.42. The molecule has 1 aliphatic heterocycles. The molecular weight excluding hydrogens is 302 g/mol. The van der Waals surface area contributed by atoms with Gasteiger partial charge in [0.15, 0.2) is 0 Å². The van der Waals surface area contributed by atoms with E-state index in [4.69, 9.17) is 4.74 Å². The number of piperidine rings is 1. The Hall–Kier alpha value is -2.06. The summed E-state index contributed by atoms with van der Waals surface area (Å²) in [5.41, 5.74) is 1.63. The quantitative estimate of drug-likeness (QED) is 0.901. The summed E-state index contributed by atoms with van der Waals surface area (Å²) in [6, 6.07) is 8.23. The van der Waals surface area contributed by atoms with E-state index in [2.05, 4.69) is 18.3 Å². The maximum atomic E-state index is 12.1. The number of hydrogen-bond acceptors (Lipinski definition) is 4. The normalized spacial score (nSPS) is 20.8. The third-order valence-electron chi connectivity index (χ3n) is 4.66. The Labute approximate surface area is 144 Å². The molecule has 1 amide bonds. The number of nitrogens with one attached hydrogen (secondary N) is 1. The maximum absolute atomic E-state index is 12.1. The zero-order valence-corrected chi connectivity index (χ0v) is 15.0. The summed E-state index contributed by atoms with van der Waals surface area (Å²) < 4.78 is 5.18. The second-order valence-corrected chi connectivity index (χ2v) is 6.84. The standard InChI is InChI=1S/C19H27N3O2/c1-13(2)19(23)22-8-7-17(14(3)12-22)21-11-15-5-6-18(24-4)16(9-15)10-20/h5-6,9,13-14,17,21H,7-8,11-12H2,1-4H3. The van der Waals surface area contributed by atoms with Gasteiger partial charge < -0.3 is 15.0 Å². The predicted molar refractivity (Wildman–Crippen MR) is 93.5 cm³/mol. The Morgan fingerprint density at radius 3 is 2.83 bits per heavy atom.